The quantitative estimate of drug-likeness (QED) is 0.452. The van der Waals surface area contributed by atoms with Crippen molar-refractivity contribution in [3.8, 4) is 0 Å². The fraction of sp³-hybridized carbons (Fsp3) is 0.632. The molecule has 134 valence electrons. The van der Waals surface area contributed by atoms with Crippen LogP contribution in [0.3, 0.4) is 0 Å². The number of aliphatic imine (C=N–C) groups is 1. The van der Waals surface area contributed by atoms with Gasteiger partial charge >= 0.3 is 0 Å². The van der Waals surface area contributed by atoms with E-state index in [0.717, 1.165) is 38.6 Å². The fourth-order valence-corrected chi connectivity index (χ4v) is 3.06. The van der Waals surface area contributed by atoms with Gasteiger partial charge in [-0.05, 0) is 44.1 Å². The zero-order valence-electron chi connectivity index (χ0n) is 15.6. The second kappa shape index (κ2) is 9.33. The Bertz CT molecular complexity index is 542. The monoisotopic (exact) mass is 348 g/mol. The first kappa shape index (κ1) is 19.1. The Balaban J connectivity index is 1.66. The van der Waals surface area contributed by atoms with E-state index in [-0.39, 0.29) is 4.75 Å². The number of hydrogen-bond donors (Lipinski definition) is 2. The van der Waals surface area contributed by atoms with Gasteiger partial charge in [0.05, 0.1) is 0 Å². The Kier molecular flexibility index (Phi) is 7.43. The zero-order valence-corrected chi connectivity index (χ0v) is 16.4. The molecule has 2 N–H and O–H groups in total. The van der Waals surface area contributed by atoms with Crippen molar-refractivity contribution in [2.45, 2.75) is 38.0 Å². The summed E-state index contributed by atoms with van der Waals surface area (Å²) < 4.78 is 0.221. The fourth-order valence-electron chi connectivity index (χ4n) is 2.84. The van der Waals surface area contributed by atoms with E-state index in [1.165, 1.54) is 24.1 Å². The minimum atomic E-state index is 0.221. The zero-order chi connectivity index (χ0) is 17.4. The highest BCUT2D eigenvalue weighted by atomic mass is 32.2. The van der Waals surface area contributed by atoms with Crippen molar-refractivity contribution in [1.82, 2.24) is 15.5 Å². The number of hydrogen-bond acceptors (Lipinski definition) is 3. The lowest BCUT2D eigenvalue weighted by molar-refractivity contribution is 0.251. The molecule has 24 heavy (non-hydrogen) atoms. The number of fused-ring (bicyclic) bond motifs is 1. The smallest absolute Gasteiger partial charge is 0.191 e. The van der Waals surface area contributed by atoms with Gasteiger partial charge in [0.15, 0.2) is 5.96 Å². The number of rotatable bonds is 7. The molecular formula is C19H32N4S. The molecule has 1 aromatic carbocycles. The second-order valence-corrected chi connectivity index (χ2v) is 8.48. The maximum absolute atomic E-state index is 4.31. The third-order valence-electron chi connectivity index (χ3n) is 4.61. The molecule has 0 saturated heterocycles. The van der Waals surface area contributed by atoms with Crippen LogP contribution in [0.5, 0.6) is 0 Å². The largest absolute Gasteiger partial charge is 0.356 e. The third-order valence-corrected chi connectivity index (χ3v) is 5.86. The molecule has 1 aliphatic rings. The van der Waals surface area contributed by atoms with Gasteiger partial charge in [0.1, 0.15) is 0 Å². The first-order valence-electron chi connectivity index (χ1n) is 8.83. The van der Waals surface area contributed by atoms with Crippen molar-refractivity contribution in [3.05, 3.63) is 35.4 Å². The maximum Gasteiger partial charge on any atom is 0.191 e. The van der Waals surface area contributed by atoms with E-state index in [9.17, 15) is 0 Å². The van der Waals surface area contributed by atoms with Crippen LogP contribution < -0.4 is 10.6 Å². The van der Waals surface area contributed by atoms with E-state index in [1.54, 1.807) is 0 Å². The average molecular weight is 349 g/mol. The van der Waals surface area contributed by atoms with Gasteiger partial charge in [-0.1, -0.05) is 24.3 Å². The lowest BCUT2D eigenvalue weighted by atomic mass is 10.00. The van der Waals surface area contributed by atoms with Crippen LogP contribution in [0.4, 0.5) is 0 Å². The van der Waals surface area contributed by atoms with Crippen molar-refractivity contribution in [2.75, 3.05) is 39.5 Å². The summed E-state index contributed by atoms with van der Waals surface area (Å²) in [6.07, 6.45) is 4.46. The van der Waals surface area contributed by atoms with E-state index < -0.39 is 0 Å². The summed E-state index contributed by atoms with van der Waals surface area (Å²) in [6, 6.07) is 8.82. The van der Waals surface area contributed by atoms with Gasteiger partial charge in [0.25, 0.3) is 0 Å². The van der Waals surface area contributed by atoms with Crippen LogP contribution >= 0.6 is 11.8 Å². The van der Waals surface area contributed by atoms with E-state index in [1.807, 2.05) is 18.8 Å². The standard InChI is InChI=1S/C19H32N4S/c1-19(2,24-4)15-22-18(20-3)21-11-7-12-23-13-10-16-8-5-6-9-17(16)14-23/h5-6,8-9H,7,10-15H2,1-4H3,(H2,20,21,22). The van der Waals surface area contributed by atoms with E-state index in [4.69, 9.17) is 0 Å². The average Bonchev–Trinajstić information content (AvgIpc) is 2.61. The van der Waals surface area contributed by atoms with Gasteiger partial charge < -0.3 is 10.6 Å². The first-order chi connectivity index (χ1) is 11.5. The molecule has 2 rings (SSSR count). The number of benzene rings is 1. The second-order valence-electron chi connectivity index (χ2n) is 6.96. The molecule has 0 fully saturated rings. The lowest BCUT2D eigenvalue weighted by Gasteiger charge is -2.28. The highest BCUT2D eigenvalue weighted by molar-refractivity contribution is 7.99. The molecular weight excluding hydrogens is 316 g/mol. The highest BCUT2D eigenvalue weighted by Gasteiger charge is 2.16. The summed E-state index contributed by atoms with van der Waals surface area (Å²) in [6.45, 7) is 9.75. The Morgan fingerprint density at radius 2 is 2.00 bits per heavy atom. The van der Waals surface area contributed by atoms with Crippen LogP contribution in [-0.4, -0.2) is 55.1 Å². The molecule has 4 nitrogen and oxygen atoms in total. The molecule has 5 heteroatoms. The van der Waals surface area contributed by atoms with Crippen molar-refractivity contribution in [2.24, 2.45) is 4.99 Å². The van der Waals surface area contributed by atoms with Gasteiger partial charge in [-0.2, -0.15) is 11.8 Å². The number of guanidine groups is 1. The van der Waals surface area contributed by atoms with E-state index in [0.29, 0.717) is 0 Å². The van der Waals surface area contributed by atoms with Gasteiger partial charge in [-0.15, -0.1) is 0 Å². The molecule has 0 aliphatic carbocycles. The van der Waals surface area contributed by atoms with Crippen LogP contribution in [0.1, 0.15) is 31.4 Å². The van der Waals surface area contributed by atoms with Crippen LogP contribution in [0.15, 0.2) is 29.3 Å². The molecule has 1 aromatic rings. The van der Waals surface area contributed by atoms with Crippen molar-refractivity contribution in [3.63, 3.8) is 0 Å². The van der Waals surface area contributed by atoms with E-state index >= 15 is 0 Å². The molecule has 1 aliphatic heterocycles. The van der Waals surface area contributed by atoms with Crippen LogP contribution in [0.2, 0.25) is 0 Å². The summed E-state index contributed by atoms with van der Waals surface area (Å²) in [7, 11) is 1.84. The first-order valence-corrected chi connectivity index (χ1v) is 10.1. The van der Waals surface area contributed by atoms with Crippen LogP contribution in [-0.2, 0) is 13.0 Å². The number of nitrogens with one attached hydrogen (secondary N) is 2. The van der Waals surface area contributed by atoms with Gasteiger partial charge in [-0.25, -0.2) is 0 Å². The summed E-state index contributed by atoms with van der Waals surface area (Å²) in [4.78, 5) is 6.86. The normalized spacial score (nSPS) is 15.9. The summed E-state index contributed by atoms with van der Waals surface area (Å²) in [5.74, 6) is 0.904. The van der Waals surface area contributed by atoms with Gasteiger partial charge in [0, 0.05) is 44.5 Å². The Morgan fingerprint density at radius 1 is 1.25 bits per heavy atom. The minimum absolute atomic E-state index is 0.221. The molecule has 0 atom stereocenters. The summed E-state index contributed by atoms with van der Waals surface area (Å²) in [5, 5.41) is 6.84. The lowest BCUT2D eigenvalue weighted by Crippen LogP contribution is -2.44. The summed E-state index contributed by atoms with van der Waals surface area (Å²) >= 11 is 1.87. The minimum Gasteiger partial charge on any atom is -0.356 e. The van der Waals surface area contributed by atoms with Crippen molar-refractivity contribution >= 4 is 17.7 Å². The third kappa shape index (κ3) is 6.02. The molecule has 0 spiro atoms. The molecule has 0 radical (unpaired) electrons. The molecule has 0 saturated carbocycles. The van der Waals surface area contributed by atoms with Crippen LogP contribution in [0, 0.1) is 0 Å². The predicted octanol–water partition coefficient (Wildman–Crippen LogP) is 2.74. The maximum atomic E-state index is 4.31. The highest BCUT2D eigenvalue weighted by Crippen LogP contribution is 2.19. The Morgan fingerprint density at radius 3 is 2.71 bits per heavy atom. The van der Waals surface area contributed by atoms with Crippen molar-refractivity contribution in [1.29, 1.82) is 0 Å². The predicted molar refractivity (Wildman–Crippen MR) is 107 cm³/mol. The summed E-state index contributed by atoms with van der Waals surface area (Å²) in [5.41, 5.74) is 3.02. The van der Waals surface area contributed by atoms with Gasteiger partial charge in [-0.3, -0.25) is 9.89 Å². The topological polar surface area (TPSA) is 39.7 Å². The molecule has 0 amide bonds. The van der Waals surface area contributed by atoms with Crippen molar-refractivity contribution < 1.29 is 0 Å². The molecule has 1 heterocycles. The molecule has 0 bridgehead atoms. The van der Waals surface area contributed by atoms with E-state index in [2.05, 4.69) is 64.9 Å². The molecule has 0 aromatic heterocycles. The SMILES string of the molecule is CN=C(NCCCN1CCc2ccccc2C1)NCC(C)(C)SC. The van der Waals surface area contributed by atoms with Crippen LogP contribution in [0.25, 0.3) is 0 Å². The number of thioether (sulfide) groups is 1. The Labute approximate surface area is 151 Å². The Hall–Kier alpha value is -1.20. The molecule has 0 unspecified atom stereocenters. The number of nitrogens with zero attached hydrogens (tertiary/aromatic N) is 2. The van der Waals surface area contributed by atoms with Gasteiger partial charge in [0.2, 0.25) is 0 Å².